The number of methoxy groups -OCH3 is 1. The summed E-state index contributed by atoms with van der Waals surface area (Å²) in [6, 6.07) is 5.68. The first-order valence-electron chi connectivity index (χ1n) is 7.46. The molecule has 2 aromatic rings. The second-order valence-corrected chi connectivity index (χ2v) is 5.41. The molecule has 0 aliphatic rings. The van der Waals surface area contributed by atoms with Crippen LogP contribution in [0.3, 0.4) is 0 Å². The lowest BCUT2D eigenvalue weighted by Crippen LogP contribution is -2.17. The van der Waals surface area contributed by atoms with Gasteiger partial charge in [0.2, 0.25) is 5.95 Å². The molecular weight excluding hydrogens is 292 g/mol. The number of anilines is 2. The van der Waals surface area contributed by atoms with E-state index in [0.717, 1.165) is 16.8 Å². The third-order valence-electron chi connectivity index (χ3n) is 3.39. The van der Waals surface area contributed by atoms with Gasteiger partial charge in [-0.2, -0.15) is 0 Å². The smallest absolute Gasteiger partial charge is 0.274 e. The molecule has 2 rings (SSSR count). The minimum absolute atomic E-state index is 0.253. The van der Waals surface area contributed by atoms with E-state index in [-0.39, 0.29) is 5.91 Å². The molecule has 0 unspecified atom stereocenters. The Morgan fingerprint density at radius 3 is 2.57 bits per heavy atom. The van der Waals surface area contributed by atoms with Gasteiger partial charge < -0.3 is 15.4 Å². The number of hydrogen-bond donors (Lipinski definition) is 2. The second-order valence-electron chi connectivity index (χ2n) is 5.41. The average Bonchev–Trinajstić information content (AvgIpc) is 2.51. The van der Waals surface area contributed by atoms with Gasteiger partial charge in [-0.1, -0.05) is 17.7 Å². The van der Waals surface area contributed by atoms with Crippen LogP contribution in [0.4, 0.5) is 11.6 Å². The molecule has 122 valence electrons. The molecule has 0 saturated heterocycles. The number of carbonyl (C=O) groups is 1. The number of nitrogens with one attached hydrogen (secondary N) is 2. The Labute approximate surface area is 136 Å². The van der Waals surface area contributed by atoms with Gasteiger partial charge in [-0.15, -0.1) is 0 Å². The van der Waals surface area contributed by atoms with Crippen molar-refractivity contribution >= 4 is 17.5 Å². The highest BCUT2D eigenvalue weighted by Crippen LogP contribution is 2.22. The molecule has 23 heavy (non-hydrogen) atoms. The molecule has 0 saturated carbocycles. The molecule has 0 bridgehead atoms. The third kappa shape index (κ3) is 4.50. The van der Waals surface area contributed by atoms with Crippen LogP contribution in [-0.2, 0) is 4.74 Å². The Morgan fingerprint density at radius 1 is 1.22 bits per heavy atom. The first kappa shape index (κ1) is 16.9. The molecule has 0 atom stereocenters. The lowest BCUT2D eigenvalue weighted by atomic mass is 10.1. The van der Waals surface area contributed by atoms with Crippen molar-refractivity contribution in [2.75, 3.05) is 30.9 Å². The minimum atomic E-state index is -0.253. The fourth-order valence-electron chi connectivity index (χ4n) is 2.39. The van der Waals surface area contributed by atoms with Crippen LogP contribution in [0.15, 0.2) is 24.4 Å². The number of aromatic nitrogens is 2. The predicted octanol–water partition coefficient (Wildman–Crippen LogP) is 2.71. The van der Waals surface area contributed by atoms with Crippen molar-refractivity contribution in [3.05, 3.63) is 46.8 Å². The number of amides is 1. The third-order valence-corrected chi connectivity index (χ3v) is 3.39. The van der Waals surface area contributed by atoms with Gasteiger partial charge in [0.25, 0.3) is 5.91 Å². The van der Waals surface area contributed by atoms with Crippen molar-refractivity contribution < 1.29 is 9.53 Å². The summed E-state index contributed by atoms with van der Waals surface area (Å²) in [5.74, 6) is 0.157. The molecule has 1 heterocycles. The molecule has 0 radical (unpaired) electrons. The van der Waals surface area contributed by atoms with E-state index in [1.165, 1.54) is 5.56 Å². The van der Waals surface area contributed by atoms with Crippen molar-refractivity contribution in [3.8, 4) is 0 Å². The number of aryl methyl sites for hydroxylation is 3. The first-order valence-corrected chi connectivity index (χ1v) is 7.46. The van der Waals surface area contributed by atoms with E-state index in [0.29, 0.717) is 24.8 Å². The SMILES string of the molecule is COCCNc1nccc(C(=O)Nc2c(C)cc(C)cc2C)n1. The number of carbonyl (C=O) groups excluding carboxylic acids is 1. The maximum absolute atomic E-state index is 12.4. The summed E-state index contributed by atoms with van der Waals surface area (Å²) in [4.78, 5) is 20.7. The molecule has 1 aromatic carbocycles. The molecule has 0 aliphatic heterocycles. The van der Waals surface area contributed by atoms with Crippen LogP contribution in [0.1, 0.15) is 27.2 Å². The number of rotatable bonds is 6. The van der Waals surface area contributed by atoms with Crippen LogP contribution in [0.25, 0.3) is 0 Å². The van der Waals surface area contributed by atoms with Gasteiger partial charge in [-0.3, -0.25) is 4.79 Å². The summed E-state index contributed by atoms with van der Waals surface area (Å²) in [5.41, 5.74) is 4.38. The van der Waals surface area contributed by atoms with Crippen molar-refractivity contribution in [2.45, 2.75) is 20.8 Å². The van der Waals surface area contributed by atoms with E-state index < -0.39 is 0 Å². The van der Waals surface area contributed by atoms with Gasteiger partial charge in [-0.25, -0.2) is 9.97 Å². The summed E-state index contributed by atoms with van der Waals surface area (Å²) in [6.07, 6.45) is 1.56. The quantitative estimate of drug-likeness (QED) is 0.802. The highest BCUT2D eigenvalue weighted by atomic mass is 16.5. The fourth-order valence-corrected chi connectivity index (χ4v) is 2.39. The Bertz CT molecular complexity index is 678. The number of benzene rings is 1. The number of ether oxygens (including phenoxy) is 1. The molecule has 1 amide bonds. The number of nitrogens with zero attached hydrogens (tertiary/aromatic N) is 2. The molecule has 0 aliphatic carbocycles. The summed E-state index contributed by atoms with van der Waals surface area (Å²) in [7, 11) is 1.62. The largest absolute Gasteiger partial charge is 0.383 e. The van der Waals surface area contributed by atoms with Crippen LogP contribution < -0.4 is 10.6 Å². The maximum atomic E-state index is 12.4. The van der Waals surface area contributed by atoms with Crippen LogP contribution in [0.5, 0.6) is 0 Å². The molecule has 1 aromatic heterocycles. The van der Waals surface area contributed by atoms with E-state index in [4.69, 9.17) is 4.74 Å². The summed E-state index contributed by atoms with van der Waals surface area (Å²) < 4.78 is 4.96. The maximum Gasteiger partial charge on any atom is 0.274 e. The Balaban J connectivity index is 2.13. The number of hydrogen-bond acceptors (Lipinski definition) is 5. The van der Waals surface area contributed by atoms with Crippen LogP contribution >= 0.6 is 0 Å². The molecule has 0 spiro atoms. The van der Waals surface area contributed by atoms with Crippen molar-refractivity contribution in [1.82, 2.24) is 9.97 Å². The van der Waals surface area contributed by atoms with Gasteiger partial charge in [0.1, 0.15) is 5.69 Å². The fraction of sp³-hybridized carbons (Fsp3) is 0.353. The first-order chi connectivity index (χ1) is 11.0. The normalized spacial score (nSPS) is 10.4. The van der Waals surface area contributed by atoms with E-state index >= 15 is 0 Å². The van der Waals surface area contributed by atoms with E-state index in [1.54, 1.807) is 19.4 Å². The van der Waals surface area contributed by atoms with Crippen LogP contribution in [0.2, 0.25) is 0 Å². The van der Waals surface area contributed by atoms with Crippen molar-refractivity contribution in [1.29, 1.82) is 0 Å². The van der Waals surface area contributed by atoms with Crippen molar-refractivity contribution in [2.24, 2.45) is 0 Å². The van der Waals surface area contributed by atoms with E-state index in [9.17, 15) is 4.79 Å². The molecule has 6 heteroatoms. The second kappa shape index (κ2) is 7.69. The Morgan fingerprint density at radius 2 is 1.91 bits per heavy atom. The zero-order valence-corrected chi connectivity index (χ0v) is 13.9. The summed E-state index contributed by atoms with van der Waals surface area (Å²) in [5, 5.41) is 5.94. The Kier molecular flexibility index (Phi) is 5.65. The van der Waals surface area contributed by atoms with Gasteiger partial charge in [0.15, 0.2) is 0 Å². The monoisotopic (exact) mass is 314 g/mol. The van der Waals surface area contributed by atoms with Crippen molar-refractivity contribution in [3.63, 3.8) is 0 Å². The lowest BCUT2D eigenvalue weighted by Gasteiger charge is -2.13. The summed E-state index contributed by atoms with van der Waals surface area (Å²) >= 11 is 0. The molecular formula is C17H22N4O2. The zero-order valence-electron chi connectivity index (χ0n) is 13.9. The van der Waals surface area contributed by atoms with Gasteiger partial charge in [0, 0.05) is 25.5 Å². The predicted molar refractivity (Wildman–Crippen MR) is 91.0 cm³/mol. The van der Waals surface area contributed by atoms with E-state index in [2.05, 4.69) is 20.6 Å². The zero-order chi connectivity index (χ0) is 16.8. The van der Waals surface area contributed by atoms with Crippen LogP contribution in [-0.4, -0.2) is 36.1 Å². The lowest BCUT2D eigenvalue weighted by molar-refractivity contribution is 0.102. The molecule has 2 N–H and O–H groups in total. The van der Waals surface area contributed by atoms with Crippen LogP contribution in [0, 0.1) is 20.8 Å². The van der Waals surface area contributed by atoms with Gasteiger partial charge >= 0.3 is 0 Å². The molecule has 0 fully saturated rings. The Hall–Kier alpha value is -2.47. The standard InChI is InChI=1S/C17H22N4O2/c1-11-9-12(2)15(13(3)10-11)21-16(22)14-5-6-18-17(20-14)19-7-8-23-4/h5-6,9-10H,7-8H2,1-4H3,(H,21,22)(H,18,19,20). The topological polar surface area (TPSA) is 76.1 Å². The van der Waals surface area contributed by atoms with E-state index in [1.807, 2.05) is 32.9 Å². The minimum Gasteiger partial charge on any atom is -0.383 e. The molecule has 6 nitrogen and oxygen atoms in total. The highest BCUT2D eigenvalue weighted by Gasteiger charge is 2.12. The summed E-state index contributed by atoms with van der Waals surface area (Å²) in [6.45, 7) is 7.12. The van der Waals surface area contributed by atoms with Gasteiger partial charge in [-0.05, 0) is 38.0 Å². The average molecular weight is 314 g/mol. The highest BCUT2D eigenvalue weighted by molar-refractivity contribution is 6.03. The van der Waals surface area contributed by atoms with Gasteiger partial charge in [0.05, 0.1) is 6.61 Å².